The summed E-state index contributed by atoms with van der Waals surface area (Å²) in [5.74, 6) is 1.13. The number of amides is 1. The van der Waals surface area contributed by atoms with E-state index in [4.69, 9.17) is 14.0 Å². The van der Waals surface area contributed by atoms with Gasteiger partial charge in [-0.25, -0.2) is 0 Å². The van der Waals surface area contributed by atoms with Crippen molar-refractivity contribution in [3.8, 4) is 5.75 Å². The van der Waals surface area contributed by atoms with Crippen molar-refractivity contribution in [2.24, 2.45) is 0 Å². The zero-order valence-corrected chi connectivity index (χ0v) is 17.4. The second-order valence-electron chi connectivity index (χ2n) is 7.51. The van der Waals surface area contributed by atoms with Crippen molar-refractivity contribution in [1.29, 1.82) is 0 Å². The van der Waals surface area contributed by atoms with Crippen LogP contribution >= 0.6 is 0 Å². The van der Waals surface area contributed by atoms with Crippen LogP contribution in [0.5, 0.6) is 5.75 Å². The summed E-state index contributed by atoms with van der Waals surface area (Å²) in [7, 11) is 0. The summed E-state index contributed by atoms with van der Waals surface area (Å²) < 4.78 is 16.4. The number of hydrogen-bond donors (Lipinski definition) is 1. The van der Waals surface area contributed by atoms with Crippen molar-refractivity contribution in [2.75, 3.05) is 39.4 Å². The number of ether oxygens (including phenoxy) is 2. The van der Waals surface area contributed by atoms with E-state index in [9.17, 15) is 4.79 Å². The highest BCUT2D eigenvalue weighted by Gasteiger charge is 2.13. The van der Waals surface area contributed by atoms with Gasteiger partial charge in [0.2, 0.25) is 0 Å². The van der Waals surface area contributed by atoms with Gasteiger partial charge in [0.15, 0.2) is 11.5 Å². The van der Waals surface area contributed by atoms with Crippen molar-refractivity contribution < 1.29 is 18.8 Å². The van der Waals surface area contributed by atoms with Gasteiger partial charge < -0.3 is 19.3 Å². The smallest absolute Gasteiger partial charge is 0.273 e. The van der Waals surface area contributed by atoms with Gasteiger partial charge in [-0.3, -0.25) is 9.69 Å². The lowest BCUT2D eigenvalue weighted by atomic mass is 10.1. The van der Waals surface area contributed by atoms with Crippen LogP contribution in [0.2, 0.25) is 0 Å². The number of carbonyl (C=O) groups is 1. The maximum atomic E-state index is 12.2. The first kappa shape index (κ1) is 21.3. The van der Waals surface area contributed by atoms with Crippen LogP contribution in [-0.2, 0) is 11.3 Å². The molecule has 7 heteroatoms. The van der Waals surface area contributed by atoms with Crippen molar-refractivity contribution in [3.63, 3.8) is 0 Å². The van der Waals surface area contributed by atoms with Gasteiger partial charge in [-0.2, -0.15) is 0 Å². The van der Waals surface area contributed by atoms with E-state index in [0.29, 0.717) is 12.3 Å². The number of unbranched alkanes of at least 4 members (excludes halogenated alkanes) is 2. The van der Waals surface area contributed by atoms with Crippen LogP contribution in [0.15, 0.2) is 28.8 Å². The predicted octanol–water partition coefficient (Wildman–Crippen LogP) is 3.10. The Kier molecular flexibility index (Phi) is 8.07. The number of hydrogen-bond acceptors (Lipinski definition) is 6. The molecule has 0 bridgehead atoms. The average Bonchev–Trinajstić information content (AvgIpc) is 3.21. The van der Waals surface area contributed by atoms with Crippen LogP contribution < -0.4 is 10.1 Å². The Balaban J connectivity index is 1.33. The number of rotatable bonds is 10. The third-order valence-corrected chi connectivity index (χ3v) is 5.05. The van der Waals surface area contributed by atoms with Gasteiger partial charge in [0.25, 0.3) is 5.91 Å². The Bertz CT molecular complexity index is 784. The minimum atomic E-state index is -0.208. The molecule has 0 aliphatic carbocycles. The Morgan fingerprint density at radius 2 is 2.00 bits per heavy atom. The normalized spacial score (nSPS) is 14.7. The standard InChI is InChI=1S/C22H31N3O4/c1-17-6-7-18(2)21(14-17)28-16-19-15-20(24-29-19)22(26)23-8-4-3-5-9-25-10-12-27-13-11-25/h6-7,14-15H,3-5,8-13,16H2,1-2H3,(H,23,26). The molecule has 1 aliphatic rings. The molecule has 2 heterocycles. The Morgan fingerprint density at radius 3 is 2.83 bits per heavy atom. The second kappa shape index (κ2) is 11.0. The molecule has 7 nitrogen and oxygen atoms in total. The molecule has 0 saturated carbocycles. The fraction of sp³-hybridized carbons (Fsp3) is 0.545. The number of nitrogens with one attached hydrogen (secondary N) is 1. The lowest BCUT2D eigenvalue weighted by Crippen LogP contribution is -2.36. The molecule has 1 aromatic heterocycles. The number of nitrogens with zero attached hydrogens (tertiary/aromatic N) is 2. The molecule has 0 radical (unpaired) electrons. The predicted molar refractivity (Wildman–Crippen MR) is 110 cm³/mol. The van der Waals surface area contributed by atoms with E-state index in [-0.39, 0.29) is 18.2 Å². The summed E-state index contributed by atoms with van der Waals surface area (Å²) in [4.78, 5) is 14.6. The molecule has 3 rings (SSSR count). The third kappa shape index (κ3) is 6.87. The van der Waals surface area contributed by atoms with E-state index in [1.54, 1.807) is 6.07 Å². The number of aryl methyl sites for hydroxylation is 2. The van der Waals surface area contributed by atoms with Crippen LogP contribution in [0.1, 0.15) is 46.6 Å². The van der Waals surface area contributed by atoms with E-state index >= 15 is 0 Å². The summed E-state index contributed by atoms with van der Waals surface area (Å²) in [5.41, 5.74) is 2.48. The van der Waals surface area contributed by atoms with Gasteiger partial charge in [0.05, 0.1) is 13.2 Å². The number of aromatic nitrogens is 1. The minimum Gasteiger partial charge on any atom is -0.485 e. The van der Waals surface area contributed by atoms with Crippen molar-refractivity contribution in [2.45, 2.75) is 39.7 Å². The SMILES string of the molecule is Cc1ccc(C)c(OCc2cc(C(=O)NCCCCCN3CCOCC3)no2)c1. The third-order valence-electron chi connectivity index (χ3n) is 5.05. The molecule has 1 amide bonds. The van der Waals surface area contributed by atoms with Gasteiger partial charge in [0, 0.05) is 25.7 Å². The maximum Gasteiger partial charge on any atom is 0.273 e. The molecule has 1 aromatic carbocycles. The van der Waals surface area contributed by atoms with Crippen LogP contribution in [0.3, 0.4) is 0 Å². The molecule has 158 valence electrons. The topological polar surface area (TPSA) is 76.8 Å². The molecular formula is C22H31N3O4. The Morgan fingerprint density at radius 1 is 1.17 bits per heavy atom. The lowest BCUT2D eigenvalue weighted by Gasteiger charge is -2.26. The summed E-state index contributed by atoms with van der Waals surface area (Å²) in [5, 5.41) is 6.76. The van der Waals surface area contributed by atoms with E-state index < -0.39 is 0 Å². The summed E-state index contributed by atoms with van der Waals surface area (Å²) in [6.07, 6.45) is 3.18. The molecule has 1 aliphatic heterocycles. The maximum absolute atomic E-state index is 12.2. The largest absolute Gasteiger partial charge is 0.485 e. The molecule has 1 fully saturated rings. The van der Waals surface area contributed by atoms with Crippen molar-refractivity contribution in [1.82, 2.24) is 15.4 Å². The minimum absolute atomic E-state index is 0.208. The van der Waals surface area contributed by atoms with E-state index in [1.165, 1.54) is 0 Å². The lowest BCUT2D eigenvalue weighted by molar-refractivity contribution is 0.0371. The second-order valence-corrected chi connectivity index (χ2v) is 7.51. The monoisotopic (exact) mass is 401 g/mol. The van der Waals surface area contributed by atoms with Gasteiger partial charge in [-0.1, -0.05) is 23.7 Å². The fourth-order valence-corrected chi connectivity index (χ4v) is 3.25. The van der Waals surface area contributed by atoms with Gasteiger partial charge in [0.1, 0.15) is 12.4 Å². The Labute approximate surface area is 172 Å². The summed E-state index contributed by atoms with van der Waals surface area (Å²) in [6, 6.07) is 7.68. The van der Waals surface area contributed by atoms with E-state index in [2.05, 4.69) is 15.4 Å². The summed E-state index contributed by atoms with van der Waals surface area (Å²) in [6.45, 7) is 9.73. The summed E-state index contributed by atoms with van der Waals surface area (Å²) >= 11 is 0. The first-order valence-electron chi connectivity index (χ1n) is 10.4. The molecule has 29 heavy (non-hydrogen) atoms. The highest BCUT2D eigenvalue weighted by molar-refractivity contribution is 5.92. The molecule has 1 saturated heterocycles. The van der Waals surface area contributed by atoms with E-state index in [1.807, 2.05) is 32.0 Å². The first-order chi connectivity index (χ1) is 14.1. The van der Waals surface area contributed by atoms with Gasteiger partial charge in [-0.05, 0) is 50.4 Å². The first-order valence-corrected chi connectivity index (χ1v) is 10.4. The van der Waals surface area contributed by atoms with Gasteiger partial charge >= 0.3 is 0 Å². The van der Waals surface area contributed by atoms with Crippen LogP contribution in [0.25, 0.3) is 0 Å². The molecule has 2 aromatic rings. The average molecular weight is 402 g/mol. The highest BCUT2D eigenvalue weighted by Crippen LogP contribution is 2.20. The molecule has 0 spiro atoms. The number of morpholine rings is 1. The molecular weight excluding hydrogens is 370 g/mol. The van der Waals surface area contributed by atoms with Crippen molar-refractivity contribution >= 4 is 5.91 Å². The zero-order chi connectivity index (χ0) is 20.5. The highest BCUT2D eigenvalue weighted by atomic mass is 16.5. The molecule has 0 atom stereocenters. The zero-order valence-electron chi connectivity index (χ0n) is 17.4. The van der Waals surface area contributed by atoms with Gasteiger partial charge in [-0.15, -0.1) is 0 Å². The van der Waals surface area contributed by atoms with Crippen LogP contribution in [0, 0.1) is 13.8 Å². The van der Waals surface area contributed by atoms with Crippen LogP contribution in [-0.4, -0.2) is 55.4 Å². The van der Waals surface area contributed by atoms with E-state index in [0.717, 1.165) is 69.0 Å². The molecule has 1 N–H and O–H groups in total. The Hall–Kier alpha value is -2.38. The van der Waals surface area contributed by atoms with Crippen molar-refractivity contribution in [3.05, 3.63) is 46.8 Å². The molecule has 0 unspecified atom stereocenters. The van der Waals surface area contributed by atoms with Crippen LogP contribution in [0.4, 0.5) is 0 Å². The quantitative estimate of drug-likeness (QED) is 0.617. The fourth-order valence-electron chi connectivity index (χ4n) is 3.25. The number of carbonyl (C=O) groups excluding carboxylic acids is 1. The number of benzene rings is 1.